The van der Waals surface area contributed by atoms with Gasteiger partial charge in [0.15, 0.2) is 0 Å². The van der Waals surface area contributed by atoms with Gasteiger partial charge in [-0.05, 0) is 52.2 Å². The van der Waals surface area contributed by atoms with Gasteiger partial charge in [0.05, 0.1) is 0 Å². The first-order valence-electron chi connectivity index (χ1n) is 5.70. The van der Waals surface area contributed by atoms with Crippen molar-refractivity contribution in [2.75, 3.05) is 20.1 Å². The molecule has 0 bridgehead atoms. The zero-order valence-corrected chi connectivity index (χ0v) is 10.2. The van der Waals surface area contributed by atoms with Gasteiger partial charge in [0.2, 0.25) is 0 Å². The minimum Gasteiger partial charge on any atom is -0.306 e. The molecule has 0 aromatic heterocycles. The molecule has 0 saturated carbocycles. The molecule has 0 unspecified atom stereocenters. The van der Waals surface area contributed by atoms with Crippen molar-refractivity contribution in [2.24, 2.45) is 5.92 Å². The normalized spacial score (nSPS) is 11.3. The molecule has 0 fully saturated rings. The van der Waals surface area contributed by atoms with Crippen LogP contribution in [-0.2, 0) is 4.79 Å². The molecule has 0 aliphatic carbocycles. The van der Waals surface area contributed by atoms with Crippen molar-refractivity contribution >= 4 is 5.78 Å². The van der Waals surface area contributed by atoms with Crippen molar-refractivity contribution in [3.05, 3.63) is 0 Å². The van der Waals surface area contributed by atoms with Crippen molar-refractivity contribution in [3.8, 4) is 0 Å². The van der Waals surface area contributed by atoms with E-state index in [-0.39, 0.29) is 0 Å². The molecule has 2 nitrogen and oxygen atoms in total. The average Bonchev–Trinajstić information content (AvgIpc) is 2.08. The van der Waals surface area contributed by atoms with Gasteiger partial charge in [-0.25, -0.2) is 0 Å². The van der Waals surface area contributed by atoms with Crippen LogP contribution in [0.25, 0.3) is 0 Å². The third kappa shape index (κ3) is 9.72. The quantitative estimate of drug-likeness (QED) is 0.560. The van der Waals surface area contributed by atoms with Gasteiger partial charge >= 0.3 is 0 Å². The lowest BCUT2D eigenvalue weighted by Crippen LogP contribution is -2.22. The molecule has 14 heavy (non-hydrogen) atoms. The van der Waals surface area contributed by atoms with E-state index in [0.717, 1.165) is 31.7 Å². The summed E-state index contributed by atoms with van der Waals surface area (Å²) in [6.07, 6.45) is 4.21. The second kappa shape index (κ2) is 7.98. The van der Waals surface area contributed by atoms with Crippen LogP contribution in [0, 0.1) is 5.92 Å². The van der Waals surface area contributed by atoms with Crippen molar-refractivity contribution in [3.63, 3.8) is 0 Å². The molecule has 0 aromatic rings. The van der Waals surface area contributed by atoms with E-state index in [2.05, 4.69) is 25.8 Å². The fraction of sp³-hybridized carbons (Fsp3) is 0.917. The Kier molecular flexibility index (Phi) is 7.77. The molecule has 0 heterocycles. The van der Waals surface area contributed by atoms with E-state index < -0.39 is 0 Å². The number of unbranched alkanes of at least 4 members (excludes halogenated alkanes) is 1. The minimum absolute atomic E-state index is 0.315. The summed E-state index contributed by atoms with van der Waals surface area (Å²) in [4.78, 5) is 13.1. The lowest BCUT2D eigenvalue weighted by atomic mass is 10.1. The van der Waals surface area contributed by atoms with Gasteiger partial charge in [-0.2, -0.15) is 0 Å². The third-order valence-electron chi connectivity index (χ3n) is 2.41. The second-order valence-electron chi connectivity index (χ2n) is 4.64. The first-order valence-corrected chi connectivity index (χ1v) is 5.70. The maximum atomic E-state index is 10.7. The molecule has 0 amide bonds. The Balaban J connectivity index is 3.26. The van der Waals surface area contributed by atoms with E-state index >= 15 is 0 Å². The van der Waals surface area contributed by atoms with Crippen LogP contribution in [0.3, 0.4) is 0 Å². The van der Waals surface area contributed by atoms with Gasteiger partial charge < -0.3 is 9.69 Å². The van der Waals surface area contributed by atoms with Crippen LogP contribution in [-0.4, -0.2) is 30.8 Å². The molecule has 0 aromatic carbocycles. The SMILES string of the molecule is CC(=O)CCCCN(C)CCC(C)C. The van der Waals surface area contributed by atoms with Gasteiger partial charge in [0.1, 0.15) is 5.78 Å². The Morgan fingerprint density at radius 1 is 1.21 bits per heavy atom. The Morgan fingerprint density at radius 3 is 2.36 bits per heavy atom. The third-order valence-corrected chi connectivity index (χ3v) is 2.41. The molecular weight excluding hydrogens is 174 g/mol. The molecule has 0 spiro atoms. The fourth-order valence-electron chi connectivity index (χ4n) is 1.35. The summed E-state index contributed by atoms with van der Waals surface area (Å²) in [7, 11) is 2.16. The van der Waals surface area contributed by atoms with E-state index in [0.29, 0.717) is 5.78 Å². The van der Waals surface area contributed by atoms with Crippen molar-refractivity contribution in [1.82, 2.24) is 4.90 Å². The maximum Gasteiger partial charge on any atom is 0.129 e. The monoisotopic (exact) mass is 199 g/mol. The number of hydrogen-bond acceptors (Lipinski definition) is 2. The molecule has 84 valence electrons. The summed E-state index contributed by atoms with van der Waals surface area (Å²) in [6, 6.07) is 0. The molecule has 0 aliphatic heterocycles. The number of Topliss-reactive ketones (excluding diaryl/α,β-unsaturated/α-hetero) is 1. The van der Waals surface area contributed by atoms with E-state index in [4.69, 9.17) is 0 Å². The van der Waals surface area contributed by atoms with Crippen LogP contribution >= 0.6 is 0 Å². The van der Waals surface area contributed by atoms with Crippen LogP contribution in [0.5, 0.6) is 0 Å². The standard InChI is InChI=1S/C12H25NO/c1-11(2)8-10-13(4)9-6-5-7-12(3)14/h11H,5-10H2,1-4H3. The van der Waals surface area contributed by atoms with Gasteiger partial charge in [-0.3, -0.25) is 0 Å². The van der Waals surface area contributed by atoms with Gasteiger partial charge in [0, 0.05) is 6.42 Å². The summed E-state index contributed by atoms with van der Waals surface area (Å²) in [5.74, 6) is 1.10. The predicted molar refractivity (Wildman–Crippen MR) is 61.5 cm³/mol. The molecule has 0 atom stereocenters. The smallest absolute Gasteiger partial charge is 0.129 e. The number of hydrogen-bond donors (Lipinski definition) is 0. The van der Waals surface area contributed by atoms with Crippen LogP contribution in [0.4, 0.5) is 0 Å². The maximum absolute atomic E-state index is 10.7. The van der Waals surface area contributed by atoms with Gasteiger partial charge in [-0.15, -0.1) is 0 Å². The first kappa shape index (κ1) is 13.6. The second-order valence-corrected chi connectivity index (χ2v) is 4.64. The minimum atomic E-state index is 0.315. The highest BCUT2D eigenvalue weighted by atomic mass is 16.1. The first-order chi connectivity index (χ1) is 6.52. The molecule has 0 rings (SSSR count). The van der Waals surface area contributed by atoms with Crippen LogP contribution in [0.15, 0.2) is 0 Å². The van der Waals surface area contributed by atoms with Crippen molar-refractivity contribution in [1.29, 1.82) is 0 Å². The molecule has 0 N–H and O–H groups in total. The molecule has 0 aliphatic rings. The largest absolute Gasteiger partial charge is 0.306 e. The summed E-state index contributed by atoms with van der Waals surface area (Å²) in [6.45, 7) is 8.48. The van der Waals surface area contributed by atoms with E-state index in [9.17, 15) is 4.79 Å². The Hall–Kier alpha value is -0.370. The highest BCUT2D eigenvalue weighted by Gasteiger charge is 2.00. The number of rotatable bonds is 8. The van der Waals surface area contributed by atoms with E-state index in [1.54, 1.807) is 6.92 Å². The van der Waals surface area contributed by atoms with Crippen LogP contribution in [0.2, 0.25) is 0 Å². The van der Waals surface area contributed by atoms with Gasteiger partial charge in [-0.1, -0.05) is 13.8 Å². The van der Waals surface area contributed by atoms with E-state index in [1.807, 2.05) is 0 Å². The van der Waals surface area contributed by atoms with E-state index in [1.165, 1.54) is 13.0 Å². The summed E-state index contributed by atoms with van der Waals surface area (Å²) < 4.78 is 0. The molecular formula is C12H25NO. The van der Waals surface area contributed by atoms with Gasteiger partial charge in [0.25, 0.3) is 0 Å². The lowest BCUT2D eigenvalue weighted by molar-refractivity contribution is -0.117. The van der Waals surface area contributed by atoms with Crippen molar-refractivity contribution < 1.29 is 4.79 Å². The van der Waals surface area contributed by atoms with Crippen LogP contribution < -0.4 is 0 Å². The topological polar surface area (TPSA) is 20.3 Å². The zero-order valence-electron chi connectivity index (χ0n) is 10.2. The number of ketones is 1. The Morgan fingerprint density at radius 2 is 1.86 bits per heavy atom. The molecule has 0 radical (unpaired) electrons. The predicted octanol–water partition coefficient (Wildman–Crippen LogP) is 2.72. The Labute approximate surface area is 88.7 Å². The number of carbonyl (C=O) groups is 1. The lowest BCUT2D eigenvalue weighted by Gasteiger charge is -2.17. The highest BCUT2D eigenvalue weighted by molar-refractivity contribution is 5.75. The fourth-order valence-corrected chi connectivity index (χ4v) is 1.35. The number of carbonyl (C=O) groups excluding carboxylic acids is 1. The summed E-state index contributed by atoms with van der Waals surface area (Å²) in [5.41, 5.74) is 0. The molecule has 0 saturated heterocycles. The van der Waals surface area contributed by atoms with Crippen LogP contribution in [0.1, 0.15) is 46.5 Å². The van der Waals surface area contributed by atoms with Crippen molar-refractivity contribution in [2.45, 2.75) is 46.5 Å². The average molecular weight is 199 g/mol. The summed E-state index contributed by atoms with van der Waals surface area (Å²) >= 11 is 0. The highest BCUT2D eigenvalue weighted by Crippen LogP contribution is 2.03. The summed E-state index contributed by atoms with van der Waals surface area (Å²) in [5, 5.41) is 0. The Bertz CT molecular complexity index is 154. The zero-order chi connectivity index (χ0) is 11.0. The number of nitrogens with zero attached hydrogens (tertiary/aromatic N) is 1. The molecule has 2 heteroatoms.